The van der Waals surface area contributed by atoms with Crippen LogP contribution in [0.15, 0.2) is 18.2 Å². The van der Waals surface area contributed by atoms with Crippen molar-refractivity contribution in [1.82, 2.24) is 4.90 Å². The fourth-order valence-electron chi connectivity index (χ4n) is 3.79. The molecule has 7 nitrogen and oxygen atoms in total. The second kappa shape index (κ2) is 7.76. The lowest BCUT2D eigenvalue weighted by molar-refractivity contribution is -0.140. The highest BCUT2D eigenvalue weighted by Gasteiger charge is 2.47. The van der Waals surface area contributed by atoms with E-state index >= 15 is 0 Å². The number of fused-ring (bicyclic) bond motifs is 1. The molecule has 0 radical (unpaired) electrons. The number of methoxy groups -OCH3 is 2. The normalized spacial score (nSPS) is 22.2. The van der Waals surface area contributed by atoms with Crippen molar-refractivity contribution in [3.63, 3.8) is 0 Å². The SMILES string of the molecule is COc1ccc(OC)c(NC(=O)CCN2C(=O)[C@H]3CCCC[C@@H]3C2=O)c1. The number of hydrogen-bond acceptors (Lipinski definition) is 5. The van der Waals surface area contributed by atoms with Crippen LogP contribution < -0.4 is 14.8 Å². The molecule has 1 N–H and O–H groups in total. The van der Waals surface area contributed by atoms with E-state index in [2.05, 4.69) is 5.32 Å². The fourth-order valence-corrected chi connectivity index (χ4v) is 3.79. The molecule has 0 bridgehead atoms. The minimum Gasteiger partial charge on any atom is -0.497 e. The van der Waals surface area contributed by atoms with E-state index in [0.29, 0.717) is 17.2 Å². The molecule has 0 aromatic heterocycles. The summed E-state index contributed by atoms with van der Waals surface area (Å²) in [6.07, 6.45) is 3.59. The van der Waals surface area contributed by atoms with E-state index in [4.69, 9.17) is 9.47 Å². The molecule has 26 heavy (non-hydrogen) atoms. The molecule has 1 aromatic carbocycles. The standard InChI is InChI=1S/C19H24N2O5/c1-25-12-7-8-16(26-2)15(11-12)20-17(22)9-10-21-18(23)13-5-3-4-6-14(13)19(21)24/h7-8,11,13-14H,3-6,9-10H2,1-2H3,(H,20,22)/t13-,14-/m0/s1. The van der Waals surface area contributed by atoms with Crippen molar-refractivity contribution in [2.75, 3.05) is 26.1 Å². The summed E-state index contributed by atoms with van der Waals surface area (Å²) in [6.45, 7) is 0.114. The van der Waals surface area contributed by atoms with Crippen LogP contribution in [0.1, 0.15) is 32.1 Å². The molecule has 2 aliphatic rings. The number of carbonyl (C=O) groups is 3. The molecule has 2 fully saturated rings. The van der Waals surface area contributed by atoms with E-state index in [-0.39, 0.29) is 42.5 Å². The van der Waals surface area contributed by atoms with Gasteiger partial charge in [0.2, 0.25) is 17.7 Å². The second-order valence-corrected chi connectivity index (χ2v) is 6.69. The number of benzene rings is 1. The molecule has 1 aliphatic heterocycles. The van der Waals surface area contributed by atoms with Crippen molar-refractivity contribution in [1.29, 1.82) is 0 Å². The first-order valence-electron chi connectivity index (χ1n) is 8.92. The van der Waals surface area contributed by atoms with Crippen molar-refractivity contribution in [2.45, 2.75) is 32.1 Å². The van der Waals surface area contributed by atoms with Gasteiger partial charge in [-0.3, -0.25) is 19.3 Å². The third kappa shape index (κ3) is 3.52. The van der Waals surface area contributed by atoms with Gasteiger partial charge in [-0.05, 0) is 25.0 Å². The lowest BCUT2D eigenvalue weighted by Gasteiger charge is -2.19. The average molecular weight is 360 g/mol. The Morgan fingerprint density at radius 3 is 2.35 bits per heavy atom. The van der Waals surface area contributed by atoms with Gasteiger partial charge in [-0.15, -0.1) is 0 Å². The summed E-state index contributed by atoms with van der Waals surface area (Å²) in [6, 6.07) is 5.10. The second-order valence-electron chi connectivity index (χ2n) is 6.69. The molecule has 3 amide bonds. The fraction of sp³-hybridized carbons (Fsp3) is 0.526. The van der Waals surface area contributed by atoms with Gasteiger partial charge in [0.1, 0.15) is 11.5 Å². The smallest absolute Gasteiger partial charge is 0.233 e. The van der Waals surface area contributed by atoms with Crippen molar-refractivity contribution in [2.24, 2.45) is 11.8 Å². The molecule has 0 unspecified atom stereocenters. The zero-order chi connectivity index (χ0) is 18.7. The summed E-state index contributed by atoms with van der Waals surface area (Å²) in [5.74, 6) is 0.217. The van der Waals surface area contributed by atoms with Crippen LogP contribution in [0, 0.1) is 11.8 Å². The topological polar surface area (TPSA) is 84.9 Å². The van der Waals surface area contributed by atoms with Gasteiger partial charge < -0.3 is 14.8 Å². The molecule has 3 rings (SSSR count). The molecule has 1 aromatic rings. The van der Waals surface area contributed by atoms with Gasteiger partial charge in [0.15, 0.2) is 0 Å². The predicted molar refractivity (Wildman–Crippen MR) is 95.0 cm³/mol. The maximum atomic E-state index is 12.4. The third-order valence-corrected chi connectivity index (χ3v) is 5.18. The van der Waals surface area contributed by atoms with Crippen LogP contribution in [-0.4, -0.2) is 43.4 Å². The number of anilines is 1. The molecule has 1 heterocycles. The molecule has 1 saturated heterocycles. The van der Waals surface area contributed by atoms with Crippen LogP contribution >= 0.6 is 0 Å². The van der Waals surface area contributed by atoms with Gasteiger partial charge >= 0.3 is 0 Å². The van der Waals surface area contributed by atoms with E-state index in [1.165, 1.54) is 19.1 Å². The molecule has 7 heteroatoms. The quantitative estimate of drug-likeness (QED) is 0.786. The van der Waals surface area contributed by atoms with Crippen LogP contribution in [0.2, 0.25) is 0 Å². The molecule has 1 aliphatic carbocycles. The molecular weight excluding hydrogens is 336 g/mol. The van der Waals surface area contributed by atoms with E-state index in [1.807, 2.05) is 0 Å². The first-order valence-corrected chi connectivity index (χ1v) is 8.92. The zero-order valence-electron chi connectivity index (χ0n) is 15.1. The first-order chi connectivity index (χ1) is 12.5. The highest BCUT2D eigenvalue weighted by molar-refractivity contribution is 6.05. The summed E-state index contributed by atoms with van der Waals surface area (Å²) < 4.78 is 10.4. The van der Waals surface area contributed by atoms with E-state index in [1.54, 1.807) is 18.2 Å². The summed E-state index contributed by atoms with van der Waals surface area (Å²) in [5.41, 5.74) is 0.490. The number of carbonyl (C=O) groups excluding carboxylic acids is 3. The molecule has 0 spiro atoms. The largest absolute Gasteiger partial charge is 0.497 e. The molecule has 140 valence electrons. The Morgan fingerprint density at radius 2 is 1.77 bits per heavy atom. The lowest BCUT2D eigenvalue weighted by Crippen LogP contribution is -2.34. The highest BCUT2D eigenvalue weighted by Crippen LogP contribution is 2.38. The Hall–Kier alpha value is -2.57. The maximum Gasteiger partial charge on any atom is 0.233 e. The van der Waals surface area contributed by atoms with Crippen LogP contribution in [-0.2, 0) is 14.4 Å². The molecule has 1 saturated carbocycles. The van der Waals surface area contributed by atoms with Gasteiger partial charge in [0.25, 0.3) is 0 Å². The Labute approximate surface area is 152 Å². The number of amides is 3. The Kier molecular flexibility index (Phi) is 5.44. The Morgan fingerprint density at radius 1 is 1.12 bits per heavy atom. The molecular formula is C19H24N2O5. The first kappa shape index (κ1) is 18.2. The highest BCUT2D eigenvalue weighted by atomic mass is 16.5. The van der Waals surface area contributed by atoms with E-state index in [9.17, 15) is 14.4 Å². The zero-order valence-corrected chi connectivity index (χ0v) is 15.1. The molecule has 2 atom stereocenters. The number of likely N-dealkylation sites (tertiary alicyclic amines) is 1. The Bertz CT molecular complexity index is 694. The van der Waals surface area contributed by atoms with Gasteiger partial charge in [0.05, 0.1) is 31.7 Å². The van der Waals surface area contributed by atoms with Crippen LogP contribution in [0.3, 0.4) is 0 Å². The minimum atomic E-state index is -0.285. The number of nitrogens with one attached hydrogen (secondary N) is 1. The summed E-state index contributed by atoms with van der Waals surface area (Å²) in [7, 11) is 3.05. The van der Waals surface area contributed by atoms with Gasteiger partial charge in [0, 0.05) is 19.0 Å². The minimum absolute atomic E-state index is 0.0529. The number of ether oxygens (including phenoxy) is 2. The monoisotopic (exact) mass is 360 g/mol. The van der Waals surface area contributed by atoms with E-state index < -0.39 is 0 Å². The van der Waals surface area contributed by atoms with Crippen LogP contribution in [0.4, 0.5) is 5.69 Å². The summed E-state index contributed by atoms with van der Waals surface area (Å²) in [5, 5.41) is 2.76. The maximum absolute atomic E-state index is 12.4. The average Bonchev–Trinajstić information content (AvgIpc) is 2.91. The van der Waals surface area contributed by atoms with E-state index in [0.717, 1.165) is 25.7 Å². The van der Waals surface area contributed by atoms with Gasteiger partial charge in [-0.2, -0.15) is 0 Å². The number of rotatable bonds is 6. The number of hydrogen-bond donors (Lipinski definition) is 1. The lowest BCUT2D eigenvalue weighted by atomic mass is 9.81. The van der Waals surface area contributed by atoms with Crippen LogP contribution in [0.5, 0.6) is 11.5 Å². The summed E-state index contributed by atoms with van der Waals surface area (Å²) >= 11 is 0. The van der Waals surface area contributed by atoms with Crippen molar-refractivity contribution < 1.29 is 23.9 Å². The number of nitrogens with zero attached hydrogens (tertiary/aromatic N) is 1. The van der Waals surface area contributed by atoms with Crippen molar-refractivity contribution in [3.8, 4) is 11.5 Å². The third-order valence-electron chi connectivity index (χ3n) is 5.18. The van der Waals surface area contributed by atoms with Crippen molar-refractivity contribution >= 4 is 23.4 Å². The number of imide groups is 1. The summed E-state index contributed by atoms with van der Waals surface area (Å²) in [4.78, 5) is 38.5. The van der Waals surface area contributed by atoms with Crippen molar-refractivity contribution in [3.05, 3.63) is 18.2 Å². The van der Waals surface area contributed by atoms with Gasteiger partial charge in [-0.25, -0.2) is 0 Å². The predicted octanol–water partition coefficient (Wildman–Crippen LogP) is 2.21. The Balaban J connectivity index is 1.61. The van der Waals surface area contributed by atoms with Gasteiger partial charge in [-0.1, -0.05) is 12.8 Å². The van der Waals surface area contributed by atoms with Crippen LogP contribution in [0.25, 0.3) is 0 Å².